The fraction of sp³-hybridized carbons (Fsp3) is 0.750. The van der Waals surface area contributed by atoms with Gasteiger partial charge in [0.2, 0.25) is 0 Å². The van der Waals surface area contributed by atoms with Gasteiger partial charge in [0.25, 0.3) is 0 Å². The minimum absolute atomic E-state index is 0.613. The van der Waals surface area contributed by atoms with Crippen LogP contribution in [0.15, 0.2) is 6.07 Å². The van der Waals surface area contributed by atoms with Crippen LogP contribution in [0.3, 0.4) is 0 Å². The second-order valence-electron chi connectivity index (χ2n) is 6.18. The molecule has 1 aliphatic heterocycles. The molecule has 1 N–H and O–H groups in total. The second-order valence-corrected chi connectivity index (χ2v) is 6.18. The molecule has 1 unspecified atom stereocenters. The van der Waals surface area contributed by atoms with Gasteiger partial charge in [0.05, 0.1) is 0 Å². The molecule has 1 aliphatic carbocycles. The van der Waals surface area contributed by atoms with E-state index in [0.29, 0.717) is 5.92 Å². The van der Waals surface area contributed by atoms with Crippen LogP contribution in [0.1, 0.15) is 57.7 Å². The van der Waals surface area contributed by atoms with E-state index in [-0.39, 0.29) is 0 Å². The van der Waals surface area contributed by atoms with Crippen LogP contribution in [0.2, 0.25) is 0 Å². The maximum atomic E-state index is 4.83. The average Bonchev–Trinajstić information content (AvgIpc) is 3.22. The Hall–Kier alpha value is -1.32. The van der Waals surface area contributed by atoms with Crippen molar-refractivity contribution in [2.45, 2.75) is 51.9 Å². The molecule has 1 aromatic heterocycles. The van der Waals surface area contributed by atoms with Gasteiger partial charge in [-0.2, -0.15) is 0 Å². The lowest BCUT2D eigenvalue weighted by atomic mass is 10.1. The van der Waals surface area contributed by atoms with Crippen LogP contribution in [0.5, 0.6) is 0 Å². The lowest BCUT2D eigenvalue weighted by Gasteiger charge is -2.19. The molecule has 20 heavy (non-hydrogen) atoms. The van der Waals surface area contributed by atoms with Crippen molar-refractivity contribution in [3.63, 3.8) is 0 Å². The molecule has 1 saturated heterocycles. The van der Waals surface area contributed by atoms with E-state index in [2.05, 4.69) is 30.1 Å². The highest BCUT2D eigenvalue weighted by atomic mass is 15.2. The molecule has 0 bridgehead atoms. The van der Waals surface area contributed by atoms with E-state index < -0.39 is 0 Å². The molecule has 1 saturated carbocycles. The van der Waals surface area contributed by atoms with Crippen LogP contribution in [-0.4, -0.2) is 29.6 Å². The molecule has 0 radical (unpaired) electrons. The molecule has 1 atom stereocenters. The number of aromatic nitrogens is 2. The van der Waals surface area contributed by atoms with E-state index in [0.717, 1.165) is 49.4 Å². The molecule has 110 valence electrons. The average molecular weight is 274 g/mol. The minimum Gasteiger partial charge on any atom is -0.370 e. The summed E-state index contributed by atoms with van der Waals surface area (Å²) in [6.07, 6.45) is 6.22. The predicted molar refractivity (Wildman–Crippen MR) is 83.4 cm³/mol. The number of hydrogen-bond donors (Lipinski definition) is 1. The topological polar surface area (TPSA) is 41.0 Å². The van der Waals surface area contributed by atoms with Crippen LogP contribution in [-0.2, 0) is 0 Å². The highest BCUT2D eigenvalue weighted by Gasteiger charge is 2.29. The predicted octanol–water partition coefficient (Wildman–Crippen LogP) is 3.41. The maximum absolute atomic E-state index is 4.83. The summed E-state index contributed by atoms with van der Waals surface area (Å²) in [7, 11) is 0. The molecular weight excluding hydrogens is 248 g/mol. The first-order chi connectivity index (χ1) is 9.80. The van der Waals surface area contributed by atoms with E-state index in [1.54, 1.807) is 0 Å². The number of nitrogens with zero attached hydrogens (tertiary/aromatic N) is 3. The molecule has 4 heteroatoms. The van der Waals surface area contributed by atoms with Gasteiger partial charge in [0, 0.05) is 31.6 Å². The molecule has 4 nitrogen and oxygen atoms in total. The number of nitrogens with one attached hydrogen (secondary N) is 1. The first-order valence-electron chi connectivity index (χ1n) is 8.18. The van der Waals surface area contributed by atoms with E-state index in [9.17, 15) is 0 Å². The lowest BCUT2D eigenvalue weighted by molar-refractivity contribution is 0.568. The van der Waals surface area contributed by atoms with Crippen molar-refractivity contribution < 1.29 is 0 Å². The van der Waals surface area contributed by atoms with Crippen LogP contribution in [0, 0.1) is 5.92 Å². The van der Waals surface area contributed by atoms with Crippen molar-refractivity contribution >= 4 is 11.6 Å². The number of anilines is 2. The van der Waals surface area contributed by atoms with Crippen LogP contribution in [0.4, 0.5) is 11.6 Å². The third-order valence-electron chi connectivity index (χ3n) is 4.42. The smallest absolute Gasteiger partial charge is 0.136 e. The molecule has 0 aromatic carbocycles. The zero-order chi connectivity index (χ0) is 13.9. The standard InChI is InChI=1S/C16H26N4/c1-3-8-17-14-10-15(19-16(18-14)13-5-6-13)20-9-7-12(4-2)11-20/h10,12-13H,3-9,11H2,1-2H3,(H,17,18,19). The Labute approximate surface area is 122 Å². The fourth-order valence-electron chi connectivity index (χ4n) is 2.86. The van der Waals surface area contributed by atoms with E-state index >= 15 is 0 Å². The highest BCUT2D eigenvalue weighted by molar-refractivity contribution is 5.50. The Balaban J connectivity index is 1.79. The zero-order valence-electron chi connectivity index (χ0n) is 12.7. The molecule has 1 aromatic rings. The van der Waals surface area contributed by atoms with Crippen molar-refractivity contribution in [1.29, 1.82) is 0 Å². The molecule has 0 spiro atoms. The Morgan fingerprint density at radius 3 is 2.75 bits per heavy atom. The van der Waals surface area contributed by atoms with Gasteiger partial charge in [-0.3, -0.25) is 0 Å². The van der Waals surface area contributed by atoms with Gasteiger partial charge in [-0.25, -0.2) is 9.97 Å². The highest BCUT2D eigenvalue weighted by Crippen LogP contribution is 2.39. The molecule has 2 fully saturated rings. The van der Waals surface area contributed by atoms with Crippen LogP contribution in [0.25, 0.3) is 0 Å². The fourth-order valence-corrected chi connectivity index (χ4v) is 2.86. The van der Waals surface area contributed by atoms with Crippen LogP contribution < -0.4 is 10.2 Å². The van der Waals surface area contributed by atoms with Gasteiger partial charge in [-0.1, -0.05) is 20.3 Å². The largest absolute Gasteiger partial charge is 0.370 e. The van der Waals surface area contributed by atoms with Crippen molar-refractivity contribution in [3.8, 4) is 0 Å². The van der Waals surface area contributed by atoms with Crippen molar-refractivity contribution in [3.05, 3.63) is 11.9 Å². The Kier molecular flexibility index (Phi) is 4.08. The van der Waals surface area contributed by atoms with Gasteiger partial charge in [-0.05, 0) is 31.6 Å². The van der Waals surface area contributed by atoms with Gasteiger partial charge in [0.1, 0.15) is 17.5 Å². The molecule has 0 amide bonds. The second kappa shape index (κ2) is 5.98. The van der Waals surface area contributed by atoms with Gasteiger partial charge in [-0.15, -0.1) is 0 Å². The minimum atomic E-state index is 0.613. The molecule has 2 heterocycles. The summed E-state index contributed by atoms with van der Waals surface area (Å²) < 4.78 is 0. The third kappa shape index (κ3) is 3.05. The van der Waals surface area contributed by atoms with Crippen molar-refractivity contribution in [2.75, 3.05) is 29.9 Å². The Morgan fingerprint density at radius 2 is 2.10 bits per heavy atom. The Bertz CT molecular complexity index is 456. The molecule has 3 rings (SSSR count). The Morgan fingerprint density at radius 1 is 1.25 bits per heavy atom. The van der Waals surface area contributed by atoms with Crippen molar-refractivity contribution in [2.24, 2.45) is 5.92 Å². The van der Waals surface area contributed by atoms with E-state index in [1.165, 1.54) is 25.7 Å². The monoisotopic (exact) mass is 274 g/mol. The maximum Gasteiger partial charge on any atom is 0.136 e. The molecular formula is C16H26N4. The van der Waals surface area contributed by atoms with Crippen molar-refractivity contribution in [1.82, 2.24) is 9.97 Å². The summed E-state index contributed by atoms with van der Waals surface area (Å²) in [5.74, 6) is 4.65. The lowest BCUT2D eigenvalue weighted by Crippen LogP contribution is -2.22. The summed E-state index contributed by atoms with van der Waals surface area (Å²) >= 11 is 0. The SMILES string of the molecule is CCCNc1cc(N2CCC(CC)C2)nc(C2CC2)n1. The number of hydrogen-bond acceptors (Lipinski definition) is 4. The van der Waals surface area contributed by atoms with E-state index in [1.807, 2.05) is 0 Å². The first kappa shape index (κ1) is 13.7. The summed E-state index contributed by atoms with van der Waals surface area (Å²) in [6, 6.07) is 2.14. The van der Waals surface area contributed by atoms with E-state index in [4.69, 9.17) is 9.97 Å². The third-order valence-corrected chi connectivity index (χ3v) is 4.42. The molecule has 2 aliphatic rings. The summed E-state index contributed by atoms with van der Waals surface area (Å²) in [5.41, 5.74) is 0. The normalized spacial score (nSPS) is 22.3. The quantitative estimate of drug-likeness (QED) is 0.863. The summed E-state index contributed by atoms with van der Waals surface area (Å²) in [5, 5.41) is 3.43. The van der Waals surface area contributed by atoms with Crippen LogP contribution >= 0.6 is 0 Å². The first-order valence-corrected chi connectivity index (χ1v) is 8.18. The van der Waals surface area contributed by atoms with Gasteiger partial charge in [0.15, 0.2) is 0 Å². The summed E-state index contributed by atoms with van der Waals surface area (Å²) in [6.45, 7) is 7.76. The van der Waals surface area contributed by atoms with Gasteiger partial charge >= 0.3 is 0 Å². The van der Waals surface area contributed by atoms with Gasteiger partial charge < -0.3 is 10.2 Å². The zero-order valence-corrected chi connectivity index (χ0v) is 12.7. The number of rotatable bonds is 6. The summed E-state index contributed by atoms with van der Waals surface area (Å²) in [4.78, 5) is 12.0.